The summed E-state index contributed by atoms with van der Waals surface area (Å²) in [5, 5.41) is 2.78. The molecule has 0 aliphatic rings. The van der Waals surface area contributed by atoms with Gasteiger partial charge in [-0.25, -0.2) is 18.7 Å². The topological polar surface area (TPSA) is 92.9 Å². The van der Waals surface area contributed by atoms with Crippen LogP contribution in [0.5, 0.6) is 0 Å². The van der Waals surface area contributed by atoms with Crippen LogP contribution in [0, 0.1) is 11.6 Å². The first-order chi connectivity index (χ1) is 14.5. The molecule has 0 saturated heterocycles. The van der Waals surface area contributed by atoms with Gasteiger partial charge in [0.05, 0.1) is 16.8 Å². The van der Waals surface area contributed by atoms with Crippen molar-refractivity contribution in [1.29, 1.82) is 0 Å². The van der Waals surface area contributed by atoms with Gasteiger partial charge in [-0.3, -0.25) is 4.79 Å². The van der Waals surface area contributed by atoms with E-state index in [0.717, 1.165) is 22.9 Å². The van der Waals surface area contributed by atoms with Crippen LogP contribution >= 0.6 is 11.9 Å². The monoisotopic (exact) mass is 423 g/mol. The third-order valence-electron chi connectivity index (χ3n) is 4.29. The SMILES string of the molecule is Nc1ncnc2c(C(=O)Nc3c(F)ccc(NSc4ccccc4)c3F)cccc12. The molecule has 4 aromatic rings. The molecule has 1 heterocycles. The molecule has 30 heavy (non-hydrogen) atoms. The summed E-state index contributed by atoms with van der Waals surface area (Å²) in [4.78, 5) is 21.6. The lowest BCUT2D eigenvalue weighted by Crippen LogP contribution is -2.16. The molecule has 0 aliphatic carbocycles. The first-order valence-electron chi connectivity index (χ1n) is 8.81. The lowest BCUT2D eigenvalue weighted by Gasteiger charge is -2.13. The maximum atomic E-state index is 14.9. The number of para-hydroxylation sites is 1. The Hall–Kier alpha value is -3.72. The number of nitrogens with zero attached hydrogens (tertiary/aromatic N) is 2. The number of anilines is 3. The molecule has 3 aromatic carbocycles. The molecule has 1 amide bonds. The molecule has 0 bridgehead atoms. The summed E-state index contributed by atoms with van der Waals surface area (Å²) >= 11 is 1.16. The largest absolute Gasteiger partial charge is 0.383 e. The van der Waals surface area contributed by atoms with E-state index in [1.54, 1.807) is 12.1 Å². The van der Waals surface area contributed by atoms with Gasteiger partial charge in [-0.15, -0.1) is 0 Å². The zero-order valence-corrected chi connectivity index (χ0v) is 16.2. The predicted octanol–water partition coefficient (Wildman–Crippen LogP) is 4.86. The van der Waals surface area contributed by atoms with Crippen molar-refractivity contribution in [2.45, 2.75) is 4.90 Å². The van der Waals surface area contributed by atoms with Gasteiger partial charge in [-0.2, -0.15) is 0 Å². The second kappa shape index (κ2) is 8.34. The fourth-order valence-corrected chi connectivity index (χ4v) is 3.50. The van der Waals surface area contributed by atoms with Crippen LogP contribution in [0.1, 0.15) is 10.4 Å². The molecular weight excluding hydrogens is 408 g/mol. The summed E-state index contributed by atoms with van der Waals surface area (Å²) in [6.07, 6.45) is 1.22. The fraction of sp³-hybridized carbons (Fsp3) is 0. The van der Waals surface area contributed by atoms with Crippen LogP contribution in [-0.4, -0.2) is 15.9 Å². The van der Waals surface area contributed by atoms with Crippen molar-refractivity contribution in [1.82, 2.24) is 9.97 Å². The summed E-state index contributed by atoms with van der Waals surface area (Å²) in [6.45, 7) is 0. The van der Waals surface area contributed by atoms with E-state index in [9.17, 15) is 13.6 Å². The average molecular weight is 423 g/mol. The number of carbonyl (C=O) groups is 1. The van der Waals surface area contributed by atoms with E-state index in [0.29, 0.717) is 5.39 Å². The predicted molar refractivity (Wildman–Crippen MR) is 114 cm³/mol. The van der Waals surface area contributed by atoms with Crippen LogP contribution < -0.4 is 15.8 Å². The average Bonchev–Trinajstić information content (AvgIpc) is 2.76. The van der Waals surface area contributed by atoms with E-state index in [4.69, 9.17) is 5.73 Å². The molecule has 0 saturated carbocycles. The summed E-state index contributed by atoms with van der Waals surface area (Å²) in [5.41, 5.74) is 5.70. The fourth-order valence-electron chi connectivity index (χ4n) is 2.82. The summed E-state index contributed by atoms with van der Waals surface area (Å²) in [6, 6.07) is 16.3. The molecule has 0 fully saturated rings. The van der Waals surface area contributed by atoms with E-state index in [2.05, 4.69) is 20.0 Å². The van der Waals surface area contributed by atoms with Gasteiger partial charge in [0.2, 0.25) is 0 Å². The van der Waals surface area contributed by atoms with Crippen LogP contribution in [0.4, 0.5) is 26.0 Å². The van der Waals surface area contributed by atoms with Crippen LogP contribution in [0.25, 0.3) is 10.9 Å². The molecule has 0 radical (unpaired) electrons. The highest BCUT2D eigenvalue weighted by atomic mass is 32.2. The Morgan fingerprint density at radius 3 is 2.57 bits per heavy atom. The summed E-state index contributed by atoms with van der Waals surface area (Å²) in [7, 11) is 0. The Labute approximate surface area is 174 Å². The number of hydrogen-bond acceptors (Lipinski definition) is 6. The molecule has 6 nitrogen and oxygen atoms in total. The molecule has 4 N–H and O–H groups in total. The minimum absolute atomic E-state index is 0.0324. The van der Waals surface area contributed by atoms with Gasteiger partial charge in [0.25, 0.3) is 5.91 Å². The molecule has 0 spiro atoms. The van der Waals surface area contributed by atoms with E-state index < -0.39 is 23.2 Å². The van der Waals surface area contributed by atoms with Gasteiger partial charge in [-0.1, -0.05) is 24.3 Å². The Kier molecular flexibility index (Phi) is 5.44. The molecule has 0 aliphatic heterocycles. The van der Waals surface area contributed by atoms with E-state index >= 15 is 0 Å². The molecule has 4 rings (SSSR count). The molecule has 0 unspecified atom stereocenters. The molecule has 150 valence electrons. The van der Waals surface area contributed by atoms with Crippen molar-refractivity contribution in [3.8, 4) is 0 Å². The van der Waals surface area contributed by atoms with Gasteiger partial charge >= 0.3 is 0 Å². The molecule has 9 heteroatoms. The number of nitrogens with one attached hydrogen (secondary N) is 2. The minimum atomic E-state index is -0.916. The number of hydrogen-bond donors (Lipinski definition) is 3. The van der Waals surface area contributed by atoms with E-state index in [1.807, 2.05) is 30.3 Å². The number of nitrogens with two attached hydrogens (primary N) is 1. The Morgan fingerprint density at radius 2 is 1.77 bits per heavy atom. The van der Waals surface area contributed by atoms with Gasteiger partial charge in [0.1, 0.15) is 23.6 Å². The minimum Gasteiger partial charge on any atom is -0.383 e. The van der Waals surface area contributed by atoms with Crippen molar-refractivity contribution in [3.05, 3.63) is 84.2 Å². The highest BCUT2D eigenvalue weighted by molar-refractivity contribution is 8.00. The van der Waals surface area contributed by atoms with Crippen LogP contribution in [-0.2, 0) is 0 Å². The second-order valence-electron chi connectivity index (χ2n) is 6.22. The Bertz CT molecular complexity index is 1240. The third-order valence-corrected chi connectivity index (χ3v) is 5.12. The van der Waals surface area contributed by atoms with E-state index in [1.165, 1.54) is 18.5 Å². The standard InChI is InChI=1S/C21H15F2N5OS/c22-15-9-10-16(28-30-12-5-2-1-3-6-12)17(23)19(15)27-21(29)14-8-4-7-13-18(14)25-11-26-20(13)24/h1-11,28H,(H,27,29)(H2,24,25,26). The summed E-state index contributed by atoms with van der Waals surface area (Å²) < 4.78 is 32.1. The number of nitrogen functional groups attached to an aromatic ring is 1. The van der Waals surface area contributed by atoms with Crippen LogP contribution in [0.2, 0.25) is 0 Å². The zero-order valence-electron chi connectivity index (χ0n) is 15.4. The van der Waals surface area contributed by atoms with E-state index in [-0.39, 0.29) is 22.6 Å². The number of amides is 1. The van der Waals surface area contributed by atoms with Gasteiger partial charge < -0.3 is 15.8 Å². The Balaban J connectivity index is 1.62. The first kappa shape index (κ1) is 19.6. The zero-order chi connectivity index (χ0) is 21.1. The highest BCUT2D eigenvalue weighted by Crippen LogP contribution is 2.30. The van der Waals surface area contributed by atoms with Crippen molar-refractivity contribution in [3.63, 3.8) is 0 Å². The van der Waals surface area contributed by atoms with Gasteiger partial charge in [0.15, 0.2) is 5.82 Å². The van der Waals surface area contributed by atoms with Gasteiger partial charge in [0, 0.05) is 10.3 Å². The lowest BCUT2D eigenvalue weighted by atomic mass is 10.1. The molecule has 1 aromatic heterocycles. The number of fused-ring (bicyclic) bond motifs is 1. The van der Waals surface area contributed by atoms with Crippen molar-refractivity contribution < 1.29 is 13.6 Å². The number of rotatable bonds is 5. The first-order valence-corrected chi connectivity index (χ1v) is 9.62. The molecular formula is C21H15F2N5OS. The van der Waals surface area contributed by atoms with Crippen molar-refractivity contribution in [2.24, 2.45) is 0 Å². The smallest absolute Gasteiger partial charge is 0.258 e. The number of aromatic nitrogens is 2. The quantitative estimate of drug-likeness (QED) is 0.397. The lowest BCUT2D eigenvalue weighted by molar-refractivity contribution is 0.102. The maximum absolute atomic E-state index is 14.9. The van der Waals surface area contributed by atoms with Crippen LogP contribution in [0.3, 0.4) is 0 Å². The highest BCUT2D eigenvalue weighted by Gasteiger charge is 2.19. The van der Waals surface area contributed by atoms with Crippen molar-refractivity contribution in [2.75, 3.05) is 15.8 Å². The number of carbonyl (C=O) groups excluding carboxylic acids is 1. The summed E-state index contributed by atoms with van der Waals surface area (Å²) in [5.74, 6) is -2.33. The van der Waals surface area contributed by atoms with Crippen LogP contribution in [0.15, 0.2) is 71.9 Å². The second-order valence-corrected chi connectivity index (χ2v) is 7.10. The maximum Gasteiger partial charge on any atom is 0.258 e. The third kappa shape index (κ3) is 3.87. The van der Waals surface area contributed by atoms with Gasteiger partial charge in [-0.05, 0) is 48.3 Å². The molecule has 0 atom stereocenters. The Morgan fingerprint density at radius 1 is 0.967 bits per heavy atom. The number of benzene rings is 3. The normalized spacial score (nSPS) is 10.7. The number of halogens is 2. The van der Waals surface area contributed by atoms with Crippen molar-refractivity contribution >= 4 is 46.0 Å².